The third-order valence-electron chi connectivity index (χ3n) is 6.11. The van der Waals surface area contributed by atoms with Gasteiger partial charge in [-0.2, -0.15) is 9.78 Å². The molecule has 7 nitrogen and oxygen atoms in total. The van der Waals surface area contributed by atoms with Gasteiger partial charge in [-0.15, -0.1) is 0 Å². The lowest BCUT2D eigenvalue weighted by atomic mass is 10.1. The van der Waals surface area contributed by atoms with Crippen molar-refractivity contribution in [2.24, 2.45) is 0 Å². The molecule has 0 bridgehead atoms. The molecule has 0 saturated carbocycles. The molecule has 0 radical (unpaired) electrons. The first-order valence-corrected chi connectivity index (χ1v) is 11.2. The lowest BCUT2D eigenvalue weighted by Crippen LogP contribution is -2.32. The Labute approximate surface area is 189 Å². The first kappa shape index (κ1) is 21.7. The number of ether oxygens (including phenoxy) is 1. The second-order valence-corrected chi connectivity index (χ2v) is 8.17. The Morgan fingerprint density at radius 1 is 1.09 bits per heavy atom. The summed E-state index contributed by atoms with van der Waals surface area (Å²) in [5.74, 6) is 0.735. The molecule has 2 N–H and O–H groups in total. The van der Waals surface area contributed by atoms with E-state index >= 15 is 0 Å². The molecule has 4 rings (SSSR count). The third-order valence-corrected chi connectivity index (χ3v) is 6.11. The summed E-state index contributed by atoms with van der Waals surface area (Å²) in [5, 5.41) is 4.74. The van der Waals surface area contributed by atoms with Gasteiger partial charge in [0.05, 0.1) is 24.2 Å². The van der Waals surface area contributed by atoms with Crippen molar-refractivity contribution < 1.29 is 4.74 Å². The Balaban J connectivity index is 1.89. The molecule has 3 aromatic rings. The Bertz CT molecular complexity index is 1150. The van der Waals surface area contributed by atoms with Crippen LogP contribution in [0, 0.1) is 0 Å². The predicted molar refractivity (Wildman–Crippen MR) is 131 cm³/mol. The summed E-state index contributed by atoms with van der Waals surface area (Å²) >= 11 is 0. The van der Waals surface area contributed by atoms with Crippen molar-refractivity contribution in [3.63, 3.8) is 0 Å². The van der Waals surface area contributed by atoms with E-state index in [1.54, 1.807) is 7.11 Å². The van der Waals surface area contributed by atoms with E-state index in [9.17, 15) is 4.79 Å². The van der Waals surface area contributed by atoms with Crippen LogP contribution >= 0.6 is 0 Å². The minimum Gasteiger partial charge on any atom is -0.497 e. The zero-order valence-corrected chi connectivity index (χ0v) is 19.0. The predicted octanol–water partition coefficient (Wildman–Crippen LogP) is 3.94. The molecule has 2 heterocycles. The van der Waals surface area contributed by atoms with E-state index in [2.05, 4.69) is 4.90 Å². The monoisotopic (exact) mass is 433 g/mol. The van der Waals surface area contributed by atoms with Crippen LogP contribution in [0.3, 0.4) is 0 Å². The molecule has 0 amide bonds. The first-order chi connectivity index (χ1) is 15.5. The van der Waals surface area contributed by atoms with E-state index in [0.717, 1.165) is 30.1 Å². The summed E-state index contributed by atoms with van der Waals surface area (Å²) < 4.78 is 6.83. The van der Waals surface area contributed by atoms with Gasteiger partial charge in [-0.3, -0.25) is 4.79 Å². The van der Waals surface area contributed by atoms with Crippen molar-refractivity contribution in [2.75, 3.05) is 49.3 Å². The van der Waals surface area contributed by atoms with E-state index in [4.69, 9.17) is 15.6 Å². The number of nitrogens with zero attached hydrogens (tertiary/aromatic N) is 4. The summed E-state index contributed by atoms with van der Waals surface area (Å²) in [6, 6.07) is 15.4. The van der Waals surface area contributed by atoms with Crippen LogP contribution in [-0.4, -0.2) is 43.6 Å². The Hall–Kier alpha value is -3.48. The minimum absolute atomic E-state index is 0.191. The highest BCUT2D eigenvalue weighted by Gasteiger charge is 2.18. The fourth-order valence-electron chi connectivity index (χ4n) is 4.08. The van der Waals surface area contributed by atoms with E-state index in [-0.39, 0.29) is 5.56 Å². The van der Waals surface area contributed by atoms with Crippen LogP contribution < -0.4 is 25.8 Å². The number of methoxy groups -OCH3 is 1. The van der Waals surface area contributed by atoms with Gasteiger partial charge >= 0.3 is 0 Å². The maximum absolute atomic E-state index is 13.5. The van der Waals surface area contributed by atoms with E-state index in [1.807, 2.05) is 67.4 Å². The molecular formula is C25H31N5O2. The van der Waals surface area contributed by atoms with Crippen LogP contribution in [0.2, 0.25) is 0 Å². The van der Waals surface area contributed by atoms with Gasteiger partial charge in [-0.25, -0.2) is 0 Å². The number of rotatable bonds is 6. The van der Waals surface area contributed by atoms with Crippen LogP contribution in [-0.2, 0) is 0 Å². The van der Waals surface area contributed by atoms with Crippen LogP contribution in [0.15, 0.2) is 53.3 Å². The summed E-state index contributed by atoms with van der Waals surface area (Å²) in [6.07, 6.45) is 3.61. The molecule has 1 saturated heterocycles. The number of hydrogen-bond acceptors (Lipinski definition) is 6. The highest BCUT2D eigenvalue weighted by atomic mass is 16.5. The molecule has 0 unspecified atom stereocenters. The normalized spacial score (nSPS) is 13.8. The number of nitrogens with two attached hydrogens (primary N) is 1. The smallest absolute Gasteiger partial charge is 0.295 e. The van der Waals surface area contributed by atoms with Crippen molar-refractivity contribution in [1.82, 2.24) is 9.78 Å². The molecule has 1 aromatic heterocycles. The number of hydrogen-bond donors (Lipinski definition) is 1. The van der Waals surface area contributed by atoms with Crippen molar-refractivity contribution in [3.8, 4) is 22.7 Å². The van der Waals surface area contributed by atoms with Gasteiger partial charge < -0.3 is 20.3 Å². The molecular weight excluding hydrogens is 402 g/mol. The van der Waals surface area contributed by atoms with Crippen molar-refractivity contribution in [1.29, 1.82) is 0 Å². The number of piperidine rings is 1. The zero-order chi connectivity index (χ0) is 22.7. The molecule has 0 spiro atoms. The number of benzene rings is 2. The fraction of sp³-hybridized carbons (Fsp3) is 0.360. The zero-order valence-electron chi connectivity index (χ0n) is 19.0. The van der Waals surface area contributed by atoms with Crippen molar-refractivity contribution >= 4 is 17.1 Å². The van der Waals surface area contributed by atoms with Gasteiger partial charge in [0.15, 0.2) is 0 Å². The second kappa shape index (κ2) is 9.34. The standard InChI is InChI=1S/C25H31N5O2/c1-4-28(2)24-17-22(18-9-8-10-20(15-18)32-3)27-30(25(24)31)23-16-19(11-12-21(23)26)29-13-6-5-7-14-29/h8-12,15-17H,4-7,13-14,26H2,1-3H3. The SMILES string of the molecule is CCN(C)c1cc(-c2cccc(OC)c2)nn(-c2cc(N3CCCCC3)ccc2N)c1=O. The molecule has 1 aliphatic rings. The maximum atomic E-state index is 13.5. The first-order valence-electron chi connectivity index (χ1n) is 11.2. The van der Waals surface area contributed by atoms with Crippen LogP contribution in [0.5, 0.6) is 5.75 Å². The van der Waals surface area contributed by atoms with E-state index in [1.165, 1.54) is 23.9 Å². The number of aromatic nitrogens is 2. The number of anilines is 3. The average Bonchev–Trinajstić information content (AvgIpc) is 2.84. The molecule has 32 heavy (non-hydrogen) atoms. The van der Waals surface area contributed by atoms with E-state index < -0.39 is 0 Å². The Kier molecular flexibility index (Phi) is 6.35. The van der Waals surface area contributed by atoms with Crippen molar-refractivity contribution in [2.45, 2.75) is 26.2 Å². The fourth-order valence-corrected chi connectivity index (χ4v) is 4.08. The minimum atomic E-state index is -0.191. The van der Waals surface area contributed by atoms with Crippen LogP contribution in [0.25, 0.3) is 16.9 Å². The van der Waals surface area contributed by atoms with Gasteiger partial charge in [0.1, 0.15) is 11.4 Å². The van der Waals surface area contributed by atoms with Gasteiger partial charge in [0.2, 0.25) is 0 Å². The Morgan fingerprint density at radius 2 is 1.88 bits per heavy atom. The quantitative estimate of drug-likeness (QED) is 0.594. The molecule has 0 atom stereocenters. The summed E-state index contributed by atoms with van der Waals surface area (Å²) in [4.78, 5) is 17.8. The molecule has 168 valence electrons. The van der Waals surface area contributed by atoms with Gasteiger partial charge in [-0.05, 0) is 62.6 Å². The number of nitrogen functional groups attached to an aromatic ring is 1. The molecule has 0 aliphatic carbocycles. The summed E-state index contributed by atoms with van der Waals surface area (Å²) in [5.41, 5.74) is 10.5. The van der Waals surface area contributed by atoms with Gasteiger partial charge in [-0.1, -0.05) is 12.1 Å². The van der Waals surface area contributed by atoms with Crippen LogP contribution in [0.4, 0.5) is 17.1 Å². The van der Waals surface area contributed by atoms with Crippen molar-refractivity contribution in [3.05, 3.63) is 58.9 Å². The van der Waals surface area contributed by atoms with Gasteiger partial charge in [0.25, 0.3) is 5.56 Å². The molecule has 7 heteroatoms. The van der Waals surface area contributed by atoms with Crippen LogP contribution in [0.1, 0.15) is 26.2 Å². The largest absolute Gasteiger partial charge is 0.497 e. The third kappa shape index (κ3) is 4.28. The highest BCUT2D eigenvalue weighted by Crippen LogP contribution is 2.28. The molecule has 2 aromatic carbocycles. The Morgan fingerprint density at radius 3 is 2.59 bits per heavy atom. The van der Waals surface area contributed by atoms with E-state index in [0.29, 0.717) is 29.3 Å². The van der Waals surface area contributed by atoms with Gasteiger partial charge in [0, 0.05) is 37.9 Å². The lowest BCUT2D eigenvalue weighted by molar-refractivity contribution is 0.415. The maximum Gasteiger partial charge on any atom is 0.295 e. The molecule has 1 aliphatic heterocycles. The lowest BCUT2D eigenvalue weighted by Gasteiger charge is -2.29. The second-order valence-electron chi connectivity index (χ2n) is 8.17. The highest BCUT2D eigenvalue weighted by molar-refractivity contribution is 5.69. The topological polar surface area (TPSA) is 76.6 Å². The average molecular weight is 434 g/mol. The molecule has 1 fully saturated rings. The summed E-state index contributed by atoms with van der Waals surface area (Å²) in [6.45, 7) is 4.74. The summed E-state index contributed by atoms with van der Waals surface area (Å²) in [7, 11) is 3.54.